The molecule has 1 aliphatic heterocycles. The lowest BCUT2D eigenvalue weighted by atomic mass is 9.85. The van der Waals surface area contributed by atoms with E-state index in [0.29, 0.717) is 21.8 Å². The van der Waals surface area contributed by atoms with Gasteiger partial charge in [-0.3, -0.25) is 14.5 Å². The Labute approximate surface area is 203 Å². The zero-order valence-corrected chi connectivity index (χ0v) is 20.2. The molecule has 1 fully saturated rings. The Hall–Kier alpha value is -3.44. The van der Waals surface area contributed by atoms with E-state index in [1.165, 1.54) is 29.2 Å². The number of carbonyl (C=O) groups excluding carboxylic acids is 2. The Morgan fingerprint density at radius 1 is 0.971 bits per heavy atom. The molecule has 1 N–H and O–H groups in total. The Morgan fingerprint density at radius 3 is 2.18 bits per heavy atom. The molecule has 0 saturated carbocycles. The largest absolute Gasteiger partial charge is 0.507 e. The van der Waals surface area contributed by atoms with E-state index in [2.05, 4.69) is 20.8 Å². The van der Waals surface area contributed by atoms with Crippen LogP contribution in [0.3, 0.4) is 0 Å². The van der Waals surface area contributed by atoms with Crippen LogP contribution in [-0.2, 0) is 15.0 Å². The summed E-state index contributed by atoms with van der Waals surface area (Å²) in [6.45, 7) is 8.06. The third-order valence-electron chi connectivity index (χ3n) is 6.15. The Balaban J connectivity index is 1.96. The average molecular weight is 478 g/mol. The first-order valence-corrected chi connectivity index (χ1v) is 11.3. The first-order chi connectivity index (χ1) is 16.0. The number of nitrogens with zero attached hydrogens (tertiary/aromatic N) is 1. The van der Waals surface area contributed by atoms with Crippen LogP contribution < -0.4 is 4.90 Å². The molecule has 3 aromatic carbocycles. The maximum atomic E-state index is 13.5. The Kier molecular flexibility index (Phi) is 6.09. The predicted octanol–water partition coefficient (Wildman–Crippen LogP) is 6.71. The summed E-state index contributed by atoms with van der Waals surface area (Å²) in [4.78, 5) is 27.9. The van der Waals surface area contributed by atoms with Crippen molar-refractivity contribution < 1.29 is 19.1 Å². The lowest BCUT2D eigenvalue weighted by molar-refractivity contribution is -0.132. The third-order valence-corrected chi connectivity index (χ3v) is 6.56. The molecule has 1 saturated heterocycles. The molecule has 6 heteroatoms. The minimum atomic E-state index is -0.878. The lowest BCUT2D eigenvalue weighted by Gasteiger charge is -2.28. The fourth-order valence-corrected chi connectivity index (χ4v) is 4.35. The second-order valence-electron chi connectivity index (χ2n) is 9.43. The van der Waals surface area contributed by atoms with Gasteiger partial charge in [0.05, 0.1) is 11.6 Å². The molecule has 0 aromatic heterocycles. The lowest BCUT2D eigenvalue weighted by Crippen LogP contribution is -2.30. The van der Waals surface area contributed by atoms with E-state index >= 15 is 0 Å². The summed E-state index contributed by atoms with van der Waals surface area (Å²) >= 11 is 6.33. The van der Waals surface area contributed by atoms with Crippen LogP contribution >= 0.6 is 11.6 Å². The number of Topliss-reactive ketones (excluding diaryl/α,β-unsaturated/α-hetero) is 1. The van der Waals surface area contributed by atoms with E-state index in [1.54, 1.807) is 25.1 Å². The van der Waals surface area contributed by atoms with E-state index in [-0.39, 0.29) is 22.3 Å². The number of ketones is 1. The minimum absolute atomic E-state index is 0.0560. The van der Waals surface area contributed by atoms with Crippen molar-refractivity contribution >= 4 is 34.7 Å². The molecular weight excluding hydrogens is 453 g/mol. The smallest absolute Gasteiger partial charge is 0.300 e. The number of amides is 1. The van der Waals surface area contributed by atoms with Gasteiger partial charge in [0.1, 0.15) is 11.6 Å². The van der Waals surface area contributed by atoms with Crippen LogP contribution in [0.25, 0.3) is 5.76 Å². The Morgan fingerprint density at radius 2 is 1.59 bits per heavy atom. The van der Waals surface area contributed by atoms with E-state index in [9.17, 15) is 19.1 Å². The number of carbonyl (C=O) groups is 2. The zero-order valence-electron chi connectivity index (χ0n) is 19.4. The molecule has 0 spiro atoms. The number of aliphatic hydroxyl groups excluding tert-OH is 1. The summed E-state index contributed by atoms with van der Waals surface area (Å²) in [5, 5.41) is 11.6. The van der Waals surface area contributed by atoms with Gasteiger partial charge in [0, 0.05) is 16.3 Å². The van der Waals surface area contributed by atoms with Crippen molar-refractivity contribution in [2.45, 2.75) is 39.2 Å². The van der Waals surface area contributed by atoms with E-state index in [0.717, 1.165) is 5.56 Å². The van der Waals surface area contributed by atoms with Crippen molar-refractivity contribution in [1.82, 2.24) is 0 Å². The maximum absolute atomic E-state index is 13.5. The molecule has 3 aromatic rings. The number of halogens is 2. The number of rotatable bonds is 3. The van der Waals surface area contributed by atoms with Crippen molar-refractivity contribution in [3.63, 3.8) is 0 Å². The molecular formula is C28H25ClFNO3. The van der Waals surface area contributed by atoms with Gasteiger partial charge in [0.2, 0.25) is 0 Å². The molecule has 1 atom stereocenters. The summed E-state index contributed by atoms with van der Waals surface area (Å²) in [5.41, 5.74) is 2.98. The monoisotopic (exact) mass is 477 g/mol. The van der Waals surface area contributed by atoms with Crippen LogP contribution in [0.4, 0.5) is 10.1 Å². The summed E-state index contributed by atoms with van der Waals surface area (Å²) in [6, 6.07) is 17.0. The van der Waals surface area contributed by atoms with Crippen LogP contribution in [0.5, 0.6) is 0 Å². The van der Waals surface area contributed by atoms with E-state index in [4.69, 9.17) is 11.6 Å². The van der Waals surface area contributed by atoms with Gasteiger partial charge in [0.15, 0.2) is 0 Å². The van der Waals surface area contributed by atoms with Crippen molar-refractivity contribution in [3.05, 3.63) is 105 Å². The number of benzene rings is 3. The van der Waals surface area contributed by atoms with Gasteiger partial charge in [-0.1, -0.05) is 62.7 Å². The highest BCUT2D eigenvalue weighted by molar-refractivity contribution is 6.52. The maximum Gasteiger partial charge on any atom is 0.300 e. The minimum Gasteiger partial charge on any atom is -0.507 e. The highest BCUT2D eigenvalue weighted by Gasteiger charge is 2.47. The molecule has 0 aliphatic carbocycles. The number of aliphatic hydroxyl groups is 1. The van der Waals surface area contributed by atoms with Gasteiger partial charge in [-0.2, -0.15) is 0 Å². The number of anilines is 1. The van der Waals surface area contributed by atoms with Gasteiger partial charge in [-0.15, -0.1) is 0 Å². The van der Waals surface area contributed by atoms with Crippen LogP contribution in [-0.4, -0.2) is 16.8 Å². The van der Waals surface area contributed by atoms with Crippen molar-refractivity contribution in [2.75, 3.05) is 4.90 Å². The SMILES string of the molecule is Cc1c(Cl)cccc1N1C(=O)C(=O)/C(=C(/O)c2ccc(F)cc2)C1c1ccc(C(C)(C)C)cc1. The molecule has 1 aliphatic rings. The number of hydrogen-bond acceptors (Lipinski definition) is 3. The molecule has 0 radical (unpaired) electrons. The van der Waals surface area contributed by atoms with Crippen molar-refractivity contribution in [1.29, 1.82) is 0 Å². The van der Waals surface area contributed by atoms with Crippen LogP contribution in [0.1, 0.15) is 49.1 Å². The molecule has 34 heavy (non-hydrogen) atoms. The van der Waals surface area contributed by atoms with Crippen LogP contribution in [0.15, 0.2) is 72.3 Å². The summed E-state index contributed by atoms with van der Waals surface area (Å²) in [6.07, 6.45) is 0. The van der Waals surface area contributed by atoms with Crippen molar-refractivity contribution in [3.8, 4) is 0 Å². The molecule has 1 amide bonds. The highest BCUT2D eigenvalue weighted by Crippen LogP contribution is 2.44. The predicted molar refractivity (Wildman–Crippen MR) is 133 cm³/mol. The average Bonchev–Trinajstić information content (AvgIpc) is 3.06. The molecule has 0 bridgehead atoms. The Bertz CT molecular complexity index is 1300. The quantitative estimate of drug-likeness (QED) is 0.259. The highest BCUT2D eigenvalue weighted by atomic mass is 35.5. The first kappa shape index (κ1) is 23.7. The molecule has 1 heterocycles. The second-order valence-corrected chi connectivity index (χ2v) is 9.84. The van der Waals surface area contributed by atoms with E-state index < -0.39 is 23.5 Å². The topological polar surface area (TPSA) is 57.6 Å². The summed E-state index contributed by atoms with van der Waals surface area (Å²) < 4.78 is 13.5. The first-order valence-electron chi connectivity index (χ1n) is 10.9. The fraction of sp³-hybridized carbons (Fsp3) is 0.214. The third kappa shape index (κ3) is 4.12. The number of hydrogen-bond donors (Lipinski definition) is 1. The van der Waals surface area contributed by atoms with Gasteiger partial charge in [-0.05, 0) is 65.4 Å². The second kappa shape index (κ2) is 8.73. The molecule has 1 unspecified atom stereocenters. The summed E-state index contributed by atoms with van der Waals surface area (Å²) in [5.74, 6) is -2.41. The molecule has 174 valence electrons. The summed E-state index contributed by atoms with van der Waals surface area (Å²) in [7, 11) is 0. The fourth-order valence-electron chi connectivity index (χ4n) is 4.18. The van der Waals surface area contributed by atoms with Gasteiger partial charge in [0.25, 0.3) is 11.7 Å². The van der Waals surface area contributed by atoms with Gasteiger partial charge >= 0.3 is 0 Å². The standard InChI is InChI=1S/C28H25ClFNO3/c1-16-21(29)6-5-7-22(16)31-24(17-8-12-19(13-9-17)28(2,3)4)23(26(33)27(31)34)25(32)18-10-14-20(30)15-11-18/h5-15,24,32H,1-4H3/b25-23+. The molecule has 4 nitrogen and oxygen atoms in total. The van der Waals surface area contributed by atoms with Gasteiger partial charge in [-0.25, -0.2) is 4.39 Å². The van der Waals surface area contributed by atoms with Crippen molar-refractivity contribution in [2.24, 2.45) is 0 Å². The molecule has 4 rings (SSSR count). The van der Waals surface area contributed by atoms with E-state index in [1.807, 2.05) is 24.3 Å². The van der Waals surface area contributed by atoms with Gasteiger partial charge < -0.3 is 5.11 Å². The zero-order chi connectivity index (χ0) is 24.8. The van der Waals surface area contributed by atoms with Crippen LogP contribution in [0.2, 0.25) is 5.02 Å². The van der Waals surface area contributed by atoms with Crippen LogP contribution in [0, 0.1) is 12.7 Å². The normalized spacial score (nSPS) is 17.9.